The summed E-state index contributed by atoms with van der Waals surface area (Å²) >= 11 is 1.30. The van der Waals surface area contributed by atoms with Crippen LogP contribution in [0.2, 0.25) is 0 Å². The first-order valence-corrected chi connectivity index (χ1v) is 9.58. The van der Waals surface area contributed by atoms with E-state index >= 15 is 0 Å². The van der Waals surface area contributed by atoms with Crippen LogP contribution in [0.1, 0.15) is 44.4 Å². The van der Waals surface area contributed by atoms with Crippen molar-refractivity contribution in [3.63, 3.8) is 0 Å². The van der Waals surface area contributed by atoms with Gasteiger partial charge < -0.3 is 5.32 Å². The highest BCUT2D eigenvalue weighted by Gasteiger charge is 2.21. The summed E-state index contributed by atoms with van der Waals surface area (Å²) in [7, 11) is 0. The molecule has 1 heterocycles. The Morgan fingerprint density at radius 1 is 1.27 bits per heavy atom. The number of nitriles is 1. The molecule has 2 aromatic rings. The first-order chi connectivity index (χ1) is 12.6. The summed E-state index contributed by atoms with van der Waals surface area (Å²) in [5, 5.41) is 12.3. The molecular formula is C20H22FN3OS. The van der Waals surface area contributed by atoms with E-state index in [-0.39, 0.29) is 17.0 Å². The second kappa shape index (κ2) is 9.93. The third kappa shape index (κ3) is 5.57. The number of rotatable bonds is 8. The summed E-state index contributed by atoms with van der Waals surface area (Å²) in [5.74, 6) is -0.537. The molecule has 1 aromatic carbocycles. The predicted octanol–water partition coefficient (Wildman–Crippen LogP) is 4.94. The molecule has 1 atom stereocenters. The van der Waals surface area contributed by atoms with Crippen molar-refractivity contribution < 1.29 is 9.18 Å². The minimum atomic E-state index is -0.388. The number of pyridine rings is 1. The van der Waals surface area contributed by atoms with Gasteiger partial charge in [-0.15, -0.1) is 0 Å². The molecule has 0 saturated heterocycles. The Hall–Kier alpha value is -2.39. The molecular weight excluding hydrogens is 349 g/mol. The van der Waals surface area contributed by atoms with Crippen LogP contribution in [-0.4, -0.2) is 16.1 Å². The Kier molecular flexibility index (Phi) is 7.61. The van der Waals surface area contributed by atoms with E-state index in [0.29, 0.717) is 22.7 Å². The average Bonchev–Trinajstić information content (AvgIpc) is 2.66. The van der Waals surface area contributed by atoms with Gasteiger partial charge in [0.25, 0.3) is 0 Å². The standard InChI is InChI=1S/C20H22FN3OS/c1-3-5-6-16-10-7-14(13-22)20(24-16)26-18(4-2)19(25)23-17-11-8-15(21)9-12-17/h7-12,18H,3-6H2,1-2H3,(H,23,25). The van der Waals surface area contributed by atoms with Gasteiger partial charge in [-0.25, -0.2) is 9.37 Å². The average molecular weight is 371 g/mol. The summed E-state index contributed by atoms with van der Waals surface area (Å²) in [5.41, 5.74) is 1.95. The minimum absolute atomic E-state index is 0.186. The maximum atomic E-state index is 13.0. The monoisotopic (exact) mass is 371 g/mol. The van der Waals surface area contributed by atoms with Crippen LogP contribution in [0, 0.1) is 17.1 Å². The van der Waals surface area contributed by atoms with Crippen LogP contribution < -0.4 is 5.32 Å². The van der Waals surface area contributed by atoms with Gasteiger partial charge in [-0.3, -0.25) is 4.79 Å². The third-order valence-electron chi connectivity index (χ3n) is 3.85. The quantitative estimate of drug-likeness (QED) is 0.667. The molecule has 0 saturated carbocycles. The van der Waals surface area contributed by atoms with Gasteiger partial charge in [-0.2, -0.15) is 5.26 Å². The Morgan fingerprint density at radius 2 is 2.00 bits per heavy atom. The highest BCUT2D eigenvalue weighted by molar-refractivity contribution is 8.00. The van der Waals surface area contributed by atoms with Crippen molar-refractivity contribution in [1.29, 1.82) is 5.26 Å². The Bertz CT molecular complexity index is 787. The molecule has 26 heavy (non-hydrogen) atoms. The number of nitrogens with zero attached hydrogens (tertiary/aromatic N) is 2. The number of thioether (sulfide) groups is 1. The number of aryl methyl sites for hydroxylation is 1. The number of hydrogen-bond donors (Lipinski definition) is 1. The SMILES string of the molecule is CCCCc1ccc(C#N)c(SC(CC)C(=O)Nc2ccc(F)cc2)n1. The number of aromatic nitrogens is 1. The molecule has 1 aromatic heterocycles. The molecule has 136 valence electrons. The van der Waals surface area contributed by atoms with Gasteiger partial charge in [0.1, 0.15) is 16.9 Å². The fourth-order valence-corrected chi connectivity index (χ4v) is 3.38. The highest BCUT2D eigenvalue weighted by Crippen LogP contribution is 2.28. The predicted molar refractivity (Wildman–Crippen MR) is 103 cm³/mol. The number of amides is 1. The molecule has 1 unspecified atom stereocenters. The van der Waals surface area contributed by atoms with Gasteiger partial charge >= 0.3 is 0 Å². The van der Waals surface area contributed by atoms with Crippen molar-refractivity contribution in [3.05, 3.63) is 53.5 Å². The van der Waals surface area contributed by atoms with E-state index in [1.54, 1.807) is 6.07 Å². The lowest BCUT2D eigenvalue weighted by molar-refractivity contribution is -0.115. The van der Waals surface area contributed by atoms with Gasteiger partial charge in [0.15, 0.2) is 0 Å². The summed E-state index contributed by atoms with van der Waals surface area (Å²) in [6.07, 6.45) is 3.55. The summed E-state index contributed by atoms with van der Waals surface area (Å²) in [6.45, 7) is 4.03. The number of hydrogen-bond acceptors (Lipinski definition) is 4. The normalized spacial score (nSPS) is 11.6. The zero-order valence-corrected chi connectivity index (χ0v) is 15.8. The Morgan fingerprint density at radius 3 is 2.62 bits per heavy atom. The van der Waals surface area contributed by atoms with E-state index < -0.39 is 0 Å². The Balaban J connectivity index is 2.13. The highest BCUT2D eigenvalue weighted by atomic mass is 32.2. The van der Waals surface area contributed by atoms with Gasteiger partial charge in [-0.05, 0) is 55.7 Å². The molecule has 0 bridgehead atoms. The van der Waals surface area contributed by atoms with Crippen molar-refractivity contribution in [2.24, 2.45) is 0 Å². The lowest BCUT2D eigenvalue weighted by Gasteiger charge is -2.15. The van der Waals surface area contributed by atoms with Crippen LogP contribution in [0.4, 0.5) is 10.1 Å². The summed E-state index contributed by atoms with van der Waals surface area (Å²) in [4.78, 5) is 17.1. The van der Waals surface area contributed by atoms with Crippen LogP contribution in [-0.2, 0) is 11.2 Å². The molecule has 4 nitrogen and oxygen atoms in total. The van der Waals surface area contributed by atoms with Gasteiger partial charge in [-0.1, -0.05) is 32.0 Å². The minimum Gasteiger partial charge on any atom is -0.325 e. The number of benzene rings is 1. The molecule has 2 rings (SSSR count). The second-order valence-electron chi connectivity index (χ2n) is 5.88. The number of carbonyl (C=O) groups is 1. The van der Waals surface area contributed by atoms with E-state index in [1.165, 1.54) is 36.0 Å². The fraction of sp³-hybridized carbons (Fsp3) is 0.350. The van der Waals surface area contributed by atoms with Crippen LogP contribution in [0.3, 0.4) is 0 Å². The van der Waals surface area contributed by atoms with Gasteiger partial charge in [0.05, 0.1) is 10.8 Å². The zero-order valence-electron chi connectivity index (χ0n) is 15.0. The van der Waals surface area contributed by atoms with E-state index in [9.17, 15) is 14.4 Å². The lowest BCUT2D eigenvalue weighted by atomic mass is 10.2. The molecule has 0 aliphatic carbocycles. The molecule has 1 amide bonds. The van der Waals surface area contributed by atoms with Crippen LogP contribution in [0.5, 0.6) is 0 Å². The van der Waals surface area contributed by atoms with E-state index in [2.05, 4.69) is 23.3 Å². The van der Waals surface area contributed by atoms with Crippen molar-refractivity contribution in [2.75, 3.05) is 5.32 Å². The molecule has 6 heteroatoms. The number of halogens is 1. The topological polar surface area (TPSA) is 65.8 Å². The van der Waals surface area contributed by atoms with E-state index in [4.69, 9.17) is 0 Å². The molecule has 0 fully saturated rings. The molecule has 0 aliphatic rings. The fourth-order valence-electron chi connectivity index (χ4n) is 2.36. The second-order valence-corrected chi connectivity index (χ2v) is 7.07. The molecule has 1 N–H and O–H groups in total. The van der Waals surface area contributed by atoms with Crippen LogP contribution >= 0.6 is 11.8 Å². The first kappa shape index (κ1) is 19.9. The van der Waals surface area contributed by atoms with Crippen molar-refractivity contribution >= 4 is 23.4 Å². The first-order valence-electron chi connectivity index (χ1n) is 8.70. The maximum absolute atomic E-state index is 13.0. The van der Waals surface area contributed by atoms with Crippen LogP contribution in [0.25, 0.3) is 0 Å². The summed E-state index contributed by atoms with van der Waals surface area (Å²) < 4.78 is 13.0. The number of nitrogens with one attached hydrogen (secondary N) is 1. The van der Waals surface area contributed by atoms with Gasteiger partial charge in [0.2, 0.25) is 5.91 Å². The molecule has 0 aliphatic heterocycles. The Labute approximate surface area is 157 Å². The molecule has 0 spiro atoms. The number of carbonyl (C=O) groups excluding carboxylic acids is 1. The number of unbranched alkanes of at least 4 members (excludes halogenated alkanes) is 1. The largest absolute Gasteiger partial charge is 0.325 e. The smallest absolute Gasteiger partial charge is 0.237 e. The van der Waals surface area contributed by atoms with E-state index in [1.807, 2.05) is 13.0 Å². The van der Waals surface area contributed by atoms with Gasteiger partial charge in [0, 0.05) is 11.4 Å². The summed E-state index contributed by atoms with van der Waals surface area (Å²) in [6, 6.07) is 11.4. The van der Waals surface area contributed by atoms with Crippen LogP contribution in [0.15, 0.2) is 41.4 Å². The van der Waals surface area contributed by atoms with Crippen molar-refractivity contribution in [1.82, 2.24) is 4.98 Å². The lowest BCUT2D eigenvalue weighted by Crippen LogP contribution is -2.24. The van der Waals surface area contributed by atoms with Crippen molar-refractivity contribution in [2.45, 2.75) is 49.8 Å². The zero-order chi connectivity index (χ0) is 18.9. The molecule has 0 radical (unpaired) electrons. The van der Waals surface area contributed by atoms with Crippen molar-refractivity contribution in [3.8, 4) is 6.07 Å². The van der Waals surface area contributed by atoms with E-state index in [0.717, 1.165) is 25.0 Å². The maximum Gasteiger partial charge on any atom is 0.237 e. The third-order valence-corrected chi connectivity index (χ3v) is 5.22. The number of anilines is 1.